The number of carbonyl (C=O) groups is 3. The van der Waals surface area contributed by atoms with E-state index in [1.807, 2.05) is 11.0 Å². The average molecular weight is 452 g/mol. The lowest BCUT2D eigenvalue weighted by Crippen LogP contribution is -2.51. The van der Waals surface area contributed by atoms with Crippen molar-refractivity contribution >= 4 is 29.4 Å². The molecule has 0 saturated carbocycles. The smallest absolute Gasteiger partial charge is 0.322 e. The Morgan fingerprint density at radius 2 is 1.97 bits per heavy atom. The molecule has 0 spiro atoms. The summed E-state index contributed by atoms with van der Waals surface area (Å²) in [5.74, 6) is 0.551. The van der Waals surface area contributed by atoms with Crippen LogP contribution in [0.3, 0.4) is 0 Å². The fourth-order valence-electron chi connectivity index (χ4n) is 4.39. The van der Waals surface area contributed by atoms with Crippen LogP contribution in [0.5, 0.6) is 5.75 Å². The molecule has 2 heterocycles. The van der Waals surface area contributed by atoms with Crippen molar-refractivity contribution in [2.24, 2.45) is 0 Å². The maximum Gasteiger partial charge on any atom is 0.322 e. The van der Waals surface area contributed by atoms with Gasteiger partial charge in [-0.15, -0.1) is 0 Å². The van der Waals surface area contributed by atoms with Crippen molar-refractivity contribution < 1.29 is 23.9 Å². The van der Waals surface area contributed by atoms with E-state index in [2.05, 4.69) is 23.6 Å². The summed E-state index contributed by atoms with van der Waals surface area (Å²) >= 11 is 6.38. The number of imide groups is 1. The highest BCUT2D eigenvalue weighted by molar-refractivity contribution is 6.32. The molecule has 0 radical (unpaired) electrons. The first-order valence-corrected chi connectivity index (χ1v) is 11.0. The first kappa shape index (κ1) is 23.3. The molecule has 8 nitrogen and oxygen atoms in total. The van der Waals surface area contributed by atoms with Gasteiger partial charge in [0.1, 0.15) is 11.3 Å². The quantitative estimate of drug-likeness (QED) is 0.592. The van der Waals surface area contributed by atoms with Gasteiger partial charge >= 0.3 is 6.03 Å². The van der Waals surface area contributed by atoms with E-state index >= 15 is 0 Å². The summed E-state index contributed by atoms with van der Waals surface area (Å²) < 4.78 is 10.5. The second-order valence-corrected chi connectivity index (χ2v) is 8.51. The molecule has 4 amide bonds. The highest BCUT2D eigenvalue weighted by atomic mass is 35.5. The molecule has 2 aliphatic heterocycles. The highest BCUT2D eigenvalue weighted by Gasteiger charge is 2.46. The molecule has 2 fully saturated rings. The molecule has 9 heteroatoms. The maximum atomic E-state index is 12.8. The second kappa shape index (κ2) is 9.87. The Hall–Kier alpha value is -2.32. The lowest BCUT2D eigenvalue weighted by atomic mass is 9.87. The predicted molar refractivity (Wildman–Crippen MR) is 116 cm³/mol. The standard InChI is InChI=1S/C22H30ClN3O5/c1-4-14-11-16(12-17(31-3)19(14)23)15-6-9-26(10-7-15)18(27)5-8-22(13-30-2)20(28)24-21(29)25-22/h11-12,15H,4-10,13H2,1-3H3,(H2,24,25,28,29)/t22-/m0/s1. The Morgan fingerprint density at radius 3 is 2.52 bits per heavy atom. The average Bonchev–Trinajstić information content (AvgIpc) is 3.05. The molecule has 2 N–H and O–H groups in total. The third-order valence-electron chi connectivity index (χ3n) is 6.23. The fraction of sp³-hybridized carbons (Fsp3) is 0.591. The van der Waals surface area contributed by atoms with Crippen LogP contribution in [0.4, 0.5) is 4.79 Å². The molecule has 3 rings (SSSR count). The summed E-state index contributed by atoms with van der Waals surface area (Å²) in [7, 11) is 3.08. The largest absolute Gasteiger partial charge is 0.495 e. The number of amides is 4. The summed E-state index contributed by atoms with van der Waals surface area (Å²) in [6.07, 6.45) is 2.88. The van der Waals surface area contributed by atoms with Crippen molar-refractivity contribution in [3.05, 3.63) is 28.3 Å². The van der Waals surface area contributed by atoms with Crippen molar-refractivity contribution in [3.63, 3.8) is 0 Å². The van der Waals surface area contributed by atoms with Crippen molar-refractivity contribution in [3.8, 4) is 5.75 Å². The third kappa shape index (κ3) is 4.96. The molecule has 0 aliphatic carbocycles. The van der Waals surface area contributed by atoms with Gasteiger partial charge < -0.3 is 19.7 Å². The lowest BCUT2D eigenvalue weighted by molar-refractivity contribution is -0.133. The molecular weight excluding hydrogens is 422 g/mol. The van der Waals surface area contributed by atoms with E-state index in [-0.39, 0.29) is 25.4 Å². The molecule has 2 saturated heterocycles. The van der Waals surface area contributed by atoms with Gasteiger partial charge in [0.2, 0.25) is 5.91 Å². The normalized spacial score (nSPS) is 21.7. The van der Waals surface area contributed by atoms with Gasteiger partial charge in [-0.25, -0.2) is 4.79 Å². The number of likely N-dealkylation sites (tertiary alicyclic amines) is 1. The number of nitrogens with zero attached hydrogens (tertiary/aromatic N) is 1. The van der Waals surface area contributed by atoms with E-state index in [1.165, 1.54) is 12.7 Å². The van der Waals surface area contributed by atoms with Crippen LogP contribution in [-0.2, 0) is 20.7 Å². The van der Waals surface area contributed by atoms with Crippen LogP contribution in [-0.4, -0.2) is 62.2 Å². The van der Waals surface area contributed by atoms with Crippen molar-refractivity contribution in [2.75, 3.05) is 33.9 Å². The van der Waals surface area contributed by atoms with Gasteiger partial charge in [-0.1, -0.05) is 24.6 Å². The number of hydrogen-bond donors (Lipinski definition) is 2. The van der Waals surface area contributed by atoms with E-state index < -0.39 is 17.5 Å². The second-order valence-electron chi connectivity index (χ2n) is 8.13. The summed E-state index contributed by atoms with van der Waals surface area (Å²) in [6, 6.07) is 3.59. The number of nitrogens with one attached hydrogen (secondary N) is 2. The van der Waals surface area contributed by atoms with Crippen molar-refractivity contribution in [1.29, 1.82) is 0 Å². The molecule has 1 atom stereocenters. The van der Waals surface area contributed by atoms with Crippen LogP contribution in [0.15, 0.2) is 12.1 Å². The fourth-order valence-corrected chi connectivity index (χ4v) is 4.71. The van der Waals surface area contributed by atoms with E-state index in [0.717, 1.165) is 24.8 Å². The number of benzene rings is 1. The monoisotopic (exact) mass is 451 g/mol. The zero-order chi connectivity index (χ0) is 22.6. The van der Waals surface area contributed by atoms with Crippen molar-refractivity contribution in [2.45, 2.75) is 50.5 Å². The minimum Gasteiger partial charge on any atom is -0.495 e. The minimum absolute atomic E-state index is 0.0224. The Kier molecular flexibility index (Phi) is 7.43. The van der Waals surface area contributed by atoms with E-state index in [9.17, 15) is 14.4 Å². The summed E-state index contributed by atoms with van der Waals surface area (Å²) in [5.41, 5.74) is 1.07. The molecular formula is C22H30ClN3O5. The molecule has 1 aromatic rings. The number of carbonyl (C=O) groups excluding carboxylic acids is 3. The Labute approximate surface area is 187 Å². The molecule has 0 unspecified atom stereocenters. The van der Waals surface area contributed by atoms with Crippen LogP contribution in [0.1, 0.15) is 49.7 Å². The van der Waals surface area contributed by atoms with Crippen LogP contribution < -0.4 is 15.4 Å². The zero-order valence-corrected chi connectivity index (χ0v) is 19.0. The van der Waals surface area contributed by atoms with Gasteiger partial charge in [0.15, 0.2) is 0 Å². The van der Waals surface area contributed by atoms with Gasteiger partial charge in [-0.3, -0.25) is 14.9 Å². The number of methoxy groups -OCH3 is 2. The van der Waals surface area contributed by atoms with Crippen LogP contribution in [0, 0.1) is 0 Å². The number of hydrogen-bond acceptors (Lipinski definition) is 5. The van der Waals surface area contributed by atoms with Gasteiger partial charge in [-0.2, -0.15) is 0 Å². The van der Waals surface area contributed by atoms with Gasteiger partial charge in [0.05, 0.1) is 18.7 Å². The molecule has 170 valence electrons. The number of ether oxygens (including phenoxy) is 2. The highest BCUT2D eigenvalue weighted by Crippen LogP contribution is 2.36. The van der Waals surface area contributed by atoms with Gasteiger partial charge in [0, 0.05) is 26.6 Å². The number of halogens is 1. The first-order valence-electron chi connectivity index (χ1n) is 10.6. The summed E-state index contributed by atoms with van der Waals surface area (Å²) in [4.78, 5) is 38.4. The SMILES string of the molecule is CCc1cc(C2CCN(C(=O)CC[C@@]3(COC)NC(=O)NC3=O)CC2)cc(OC)c1Cl. The Bertz CT molecular complexity index is 829. The van der Waals surface area contributed by atoms with Gasteiger partial charge in [-0.05, 0) is 48.8 Å². The predicted octanol–water partition coefficient (Wildman–Crippen LogP) is 2.62. The Morgan fingerprint density at radius 1 is 1.26 bits per heavy atom. The molecule has 1 aromatic carbocycles. The molecule has 2 aliphatic rings. The lowest BCUT2D eigenvalue weighted by Gasteiger charge is -2.33. The van der Waals surface area contributed by atoms with E-state index in [1.54, 1.807) is 7.11 Å². The number of aryl methyl sites for hydroxylation is 1. The summed E-state index contributed by atoms with van der Waals surface area (Å²) in [5, 5.41) is 5.50. The third-order valence-corrected chi connectivity index (χ3v) is 6.66. The molecule has 0 bridgehead atoms. The first-order chi connectivity index (χ1) is 14.8. The Balaban J connectivity index is 1.59. The van der Waals surface area contributed by atoms with Crippen LogP contribution in [0.25, 0.3) is 0 Å². The molecule has 0 aromatic heterocycles. The minimum atomic E-state index is -1.18. The van der Waals surface area contributed by atoms with Gasteiger partial charge in [0.25, 0.3) is 5.91 Å². The molecule has 31 heavy (non-hydrogen) atoms. The topological polar surface area (TPSA) is 97.0 Å². The van der Waals surface area contributed by atoms with Crippen LogP contribution >= 0.6 is 11.6 Å². The zero-order valence-electron chi connectivity index (χ0n) is 18.3. The van der Waals surface area contributed by atoms with Crippen molar-refractivity contribution in [1.82, 2.24) is 15.5 Å². The maximum absolute atomic E-state index is 12.8. The number of rotatable bonds is 8. The number of piperidine rings is 1. The summed E-state index contributed by atoms with van der Waals surface area (Å²) in [6.45, 7) is 3.38. The van der Waals surface area contributed by atoms with E-state index in [4.69, 9.17) is 21.1 Å². The van der Waals surface area contributed by atoms with Crippen LogP contribution in [0.2, 0.25) is 5.02 Å². The number of urea groups is 1. The van der Waals surface area contributed by atoms with E-state index in [0.29, 0.717) is 29.8 Å².